The van der Waals surface area contributed by atoms with Gasteiger partial charge in [0, 0.05) is 54.7 Å². The third kappa shape index (κ3) is 5.17. The Bertz CT molecular complexity index is 1910. The number of likely N-dealkylation sites (N-methyl/N-ethyl adjacent to an activating group) is 1. The molecule has 0 radical (unpaired) electrons. The van der Waals surface area contributed by atoms with Crippen molar-refractivity contribution in [3.05, 3.63) is 76.9 Å². The Balaban J connectivity index is 1.42. The molecular formula is C35H35ClFN7O2. The molecule has 4 heterocycles. The summed E-state index contributed by atoms with van der Waals surface area (Å²) in [6, 6.07) is 14.2. The molecule has 1 atom stereocenters. The first-order valence-corrected chi connectivity index (χ1v) is 16.0. The molecular weight excluding hydrogens is 605 g/mol. The summed E-state index contributed by atoms with van der Waals surface area (Å²) < 4.78 is 20.4. The molecule has 3 aromatic carbocycles. The highest BCUT2D eigenvalue weighted by Crippen LogP contribution is 2.46. The molecule has 0 spiro atoms. The van der Waals surface area contributed by atoms with E-state index in [4.69, 9.17) is 32.9 Å². The minimum Gasteiger partial charge on any atom is -0.492 e. The minimum atomic E-state index is -1.02. The number of amides is 1. The van der Waals surface area contributed by atoms with E-state index in [2.05, 4.69) is 70.6 Å². The predicted octanol–water partition coefficient (Wildman–Crippen LogP) is 5.60. The van der Waals surface area contributed by atoms with Gasteiger partial charge in [0.25, 0.3) is 5.91 Å². The Morgan fingerprint density at radius 1 is 1.11 bits per heavy atom. The van der Waals surface area contributed by atoms with Gasteiger partial charge in [-0.25, -0.2) is 15.9 Å². The average Bonchev–Trinajstić information content (AvgIpc) is 3.02. The highest BCUT2D eigenvalue weighted by molar-refractivity contribution is 6.36. The molecule has 236 valence electrons. The standard InChI is InChI=1S/C35H35ClFN7O2/c1-21(37)34(45)44-14-13-42(18-23(44)17-38-2)33-31-29(39-35(40-33)43-19-24(20-43)41(3)4)16-27(26-11-7-15-46-32(26)31)25-10-5-8-22-9-6-12-28(36)30(22)25/h5-6,8-10,12,16,23-24H,1,7,11,13-15,17-20H2,3-4H3/t23-/m0/s1. The van der Waals surface area contributed by atoms with Crippen molar-refractivity contribution >= 4 is 50.9 Å². The van der Waals surface area contributed by atoms with Crippen molar-refractivity contribution in [2.24, 2.45) is 0 Å². The summed E-state index contributed by atoms with van der Waals surface area (Å²) in [5.41, 5.74) is 3.90. The van der Waals surface area contributed by atoms with Crippen LogP contribution in [0.15, 0.2) is 54.9 Å². The van der Waals surface area contributed by atoms with Gasteiger partial charge in [-0.1, -0.05) is 48.5 Å². The molecule has 11 heteroatoms. The summed E-state index contributed by atoms with van der Waals surface area (Å²) in [5, 5.41) is 3.55. The first kappa shape index (κ1) is 30.2. The zero-order valence-electron chi connectivity index (χ0n) is 26.0. The molecule has 2 fully saturated rings. The summed E-state index contributed by atoms with van der Waals surface area (Å²) in [4.78, 5) is 34.4. The molecule has 9 nitrogen and oxygen atoms in total. The highest BCUT2D eigenvalue weighted by atomic mass is 35.5. The van der Waals surface area contributed by atoms with E-state index in [0.29, 0.717) is 42.5 Å². The van der Waals surface area contributed by atoms with Crippen LogP contribution in [-0.4, -0.2) is 97.7 Å². The van der Waals surface area contributed by atoms with Crippen molar-refractivity contribution in [1.82, 2.24) is 19.8 Å². The first-order chi connectivity index (χ1) is 22.2. The van der Waals surface area contributed by atoms with Gasteiger partial charge in [0.15, 0.2) is 5.83 Å². The zero-order valence-corrected chi connectivity index (χ0v) is 26.7. The first-order valence-electron chi connectivity index (χ1n) is 15.6. The van der Waals surface area contributed by atoms with Gasteiger partial charge >= 0.3 is 0 Å². The summed E-state index contributed by atoms with van der Waals surface area (Å²) >= 11 is 6.81. The Morgan fingerprint density at radius 2 is 1.89 bits per heavy atom. The average molecular weight is 640 g/mol. The number of rotatable bonds is 6. The van der Waals surface area contributed by atoms with Gasteiger partial charge in [0.1, 0.15) is 17.6 Å². The van der Waals surface area contributed by atoms with Crippen molar-refractivity contribution in [2.45, 2.75) is 24.9 Å². The summed E-state index contributed by atoms with van der Waals surface area (Å²) in [5.74, 6) is 0.299. The lowest BCUT2D eigenvalue weighted by molar-refractivity contribution is -0.131. The van der Waals surface area contributed by atoms with E-state index in [0.717, 1.165) is 70.0 Å². The number of ether oxygens (including phenoxy) is 1. The van der Waals surface area contributed by atoms with Gasteiger partial charge in [-0.3, -0.25) is 4.79 Å². The topological polar surface area (TPSA) is 69.4 Å². The van der Waals surface area contributed by atoms with E-state index in [-0.39, 0.29) is 13.1 Å². The lowest BCUT2D eigenvalue weighted by Gasteiger charge is -2.43. The van der Waals surface area contributed by atoms with Crippen molar-refractivity contribution in [3.8, 4) is 16.9 Å². The van der Waals surface area contributed by atoms with Crippen LogP contribution in [0.4, 0.5) is 16.2 Å². The Kier molecular flexibility index (Phi) is 7.91. The lowest BCUT2D eigenvalue weighted by atomic mass is 9.89. The predicted molar refractivity (Wildman–Crippen MR) is 180 cm³/mol. The molecule has 0 bridgehead atoms. The largest absolute Gasteiger partial charge is 0.492 e. The lowest BCUT2D eigenvalue weighted by Crippen LogP contribution is -2.58. The zero-order chi connectivity index (χ0) is 32.1. The van der Waals surface area contributed by atoms with E-state index in [1.807, 2.05) is 12.1 Å². The van der Waals surface area contributed by atoms with Crippen LogP contribution >= 0.6 is 11.6 Å². The van der Waals surface area contributed by atoms with Crippen LogP contribution in [0.1, 0.15) is 12.0 Å². The van der Waals surface area contributed by atoms with Gasteiger partial charge in [0.2, 0.25) is 12.5 Å². The number of carbonyl (C=O) groups is 1. The number of fused-ring (bicyclic) bond motifs is 4. The van der Waals surface area contributed by atoms with Crippen molar-refractivity contribution < 1.29 is 13.9 Å². The summed E-state index contributed by atoms with van der Waals surface area (Å²) in [7, 11) is 4.15. The molecule has 0 aliphatic carbocycles. The fraction of sp³-hybridized carbons (Fsp3) is 0.371. The van der Waals surface area contributed by atoms with Crippen LogP contribution in [-0.2, 0) is 11.2 Å². The number of nitrogens with zero attached hydrogens (tertiary/aromatic N) is 7. The number of aromatic nitrogens is 2. The second kappa shape index (κ2) is 12.0. The highest BCUT2D eigenvalue weighted by Gasteiger charge is 2.37. The molecule has 7 rings (SSSR count). The fourth-order valence-corrected chi connectivity index (χ4v) is 7.20. The quantitative estimate of drug-likeness (QED) is 0.201. The monoisotopic (exact) mass is 639 g/mol. The Morgan fingerprint density at radius 3 is 2.63 bits per heavy atom. The number of piperazine rings is 1. The molecule has 0 saturated carbocycles. The fourth-order valence-electron chi connectivity index (χ4n) is 6.91. The van der Waals surface area contributed by atoms with Crippen LogP contribution in [0.5, 0.6) is 5.75 Å². The van der Waals surface area contributed by atoms with E-state index >= 15 is 0 Å². The van der Waals surface area contributed by atoms with Gasteiger partial charge < -0.3 is 29.2 Å². The Hall–Kier alpha value is -4.46. The number of hydrogen-bond acceptors (Lipinski definition) is 7. The van der Waals surface area contributed by atoms with Crippen LogP contribution in [0.2, 0.25) is 5.02 Å². The molecule has 1 aromatic heterocycles. The smallest absolute Gasteiger partial charge is 0.282 e. The number of benzene rings is 3. The maximum atomic E-state index is 14.0. The number of hydrogen-bond donors (Lipinski definition) is 0. The van der Waals surface area contributed by atoms with Crippen molar-refractivity contribution in [3.63, 3.8) is 0 Å². The second-order valence-electron chi connectivity index (χ2n) is 12.4. The number of anilines is 2. The van der Waals surface area contributed by atoms with Crippen LogP contribution < -0.4 is 14.5 Å². The minimum absolute atomic E-state index is 0.0443. The number of carbonyl (C=O) groups excluding carboxylic acids is 1. The molecule has 0 unspecified atom stereocenters. The van der Waals surface area contributed by atoms with Gasteiger partial charge in [-0.15, -0.1) is 0 Å². The third-order valence-electron chi connectivity index (χ3n) is 9.43. The van der Waals surface area contributed by atoms with E-state index in [1.165, 1.54) is 4.90 Å². The third-order valence-corrected chi connectivity index (χ3v) is 9.74. The Labute approximate surface area is 272 Å². The summed E-state index contributed by atoms with van der Waals surface area (Å²) in [6.45, 7) is 13.9. The second-order valence-corrected chi connectivity index (χ2v) is 12.8. The van der Waals surface area contributed by atoms with E-state index in [9.17, 15) is 9.18 Å². The molecule has 4 aromatic rings. The summed E-state index contributed by atoms with van der Waals surface area (Å²) in [6.07, 6.45) is 1.69. The van der Waals surface area contributed by atoms with Gasteiger partial charge in [0.05, 0.1) is 17.5 Å². The van der Waals surface area contributed by atoms with Crippen LogP contribution in [0, 0.1) is 6.57 Å². The molecule has 46 heavy (non-hydrogen) atoms. The van der Waals surface area contributed by atoms with Gasteiger partial charge in [-0.05, 0) is 55.6 Å². The van der Waals surface area contributed by atoms with E-state index in [1.54, 1.807) is 0 Å². The maximum Gasteiger partial charge on any atom is 0.282 e. The van der Waals surface area contributed by atoms with Crippen LogP contribution in [0.3, 0.4) is 0 Å². The van der Waals surface area contributed by atoms with Crippen LogP contribution in [0.25, 0.3) is 37.6 Å². The van der Waals surface area contributed by atoms with Crippen molar-refractivity contribution in [2.75, 3.05) is 69.8 Å². The maximum absolute atomic E-state index is 14.0. The molecule has 1 amide bonds. The van der Waals surface area contributed by atoms with Crippen molar-refractivity contribution in [1.29, 1.82) is 0 Å². The normalized spacial score (nSPS) is 18.3. The molecule has 2 saturated heterocycles. The SMILES string of the molecule is [C-]#[N+]C[C@H]1CN(c2nc(N3CC(N(C)C)C3)nc3cc(-c4cccc5cccc(Cl)c45)c4c(c23)OCCC4)CCN1C(=O)C(=C)F. The molecule has 3 aliphatic rings. The number of halogens is 2. The van der Waals surface area contributed by atoms with Gasteiger partial charge in [-0.2, -0.15) is 4.98 Å². The molecule has 0 N–H and O–H groups in total. The molecule has 3 aliphatic heterocycles. The van der Waals surface area contributed by atoms with E-state index < -0.39 is 17.8 Å².